The lowest BCUT2D eigenvalue weighted by Gasteiger charge is -2.06. The average molecular weight is 377 g/mol. The molecule has 3 rings (SSSR count). The van der Waals surface area contributed by atoms with Crippen molar-refractivity contribution in [3.63, 3.8) is 0 Å². The number of hydrogen-bond acceptors (Lipinski definition) is 3. The van der Waals surface area contributed by atoms with E-state index in [1.54, 1.807) is 41.4 Å². The maximum absolute atomic E-state index is 12.1. The van der Waals surface area contributed by atoms with Gasteiger partial charge in [0.25, 0.3) is 5.91 Å². The van der Waals surface area contributed by atoms with Crippen molar-refractivity contribution in [3.8, 4) is 0 Å². The van der Waals surface area contributed by atoms with Crippen molar-refractivity contribution >= 4 is 39.6 Å². The van der Waals surface area contributed by atoms with Crippen molar-refractivity contribution in [1.82, 2.24) is 5.43 Å². The Balaban J connectivity index is 1.58. The Bertz CT molecular complexity index is 738. The van der Waals surface area contributed by atoms with Crippen LogP contribution in [-0.2, 0) is 9.59 Å². The highest BCUT2D eigenvalue weighted by Crippen LogP contribution is 2.16. The second-order valence-electron chi connectivity index (χ2n) is 5.23. The second kappa shape index (κ2) is 6.78. The Kier molecular flexibility index (Phi) is 4.57. The van der Waals surface area contributed by atoms with Crippen molar-refractivity contribution in [2.45, 2.75) is 6.42 Å². The van der Waals surface area contributed by atoms with Gasteiger partial charge in [-0.1, -0.05) is 15.9 Å². The minimum atomic E-state index is -0.392. The number of halogens is 1. The topological polar surface area (TPSA) is 74.3 Å². The lowest BCUT2D eigenvalue weighted by Crippen LogP contribution is -2.26. The third-order valence-electron chi connectivity index (χ3n) is 3.43. The zero-order chi connectivity index (χ0) is 16.2. The molecule has 118 valence electrons. The summed E-state index contributed by atoms with van der Waals surface area (Å²) in [7, 11) is 0. The van der Waals surface area contributed by atoms with Gasteiger partial charge in [-0.15, -0.1) is 10.1 Å². The van der Waals surface area contributed by atoms with E-state index in [9.17, 15) is 9.59 Å². The summed E-state index contributed by atoms with van der Waals surface area (Å²) in [5.41, 5.74) is 3.42. The molecule has 2 aromatic rings. The molecule has 0 saturated carbocycles. The Labute approximate surface area is 141 Å². The average Bonchev–Trinajstić information content (AvgIpc) is 3.12. The molecule has 1 aromatic heterocycles. The van der Waals surface area contributed by atoms with Gasteiger partial charge in [-0.2, -0.15) is 0 Å². The van der Waals surface area contributed by atoms with E-state index in [0.717, 1.165) is 4.47 Å². The highest BCUT2D eigenvalue weighted by molar-refractivity contribution is 9.10. The number of hydrazone groups is 1. The van der Waals surface area contributed by atoms with Crippen molar-refractivity contribution in [2.24, 2.45) is 5.92 Å². The van der Waals surface area contributed by atoms with Gasteiger partial charge >= 0.3 is 0 Å². The van der Waals surface area contributed by atoms with Crippen molar-refractivity contribution in [2.75, 3.05) is 11.9 Å². The number of nitrogens with one attached hydrogen (secondary N) is 2. The number of hydrogen-bond donors (Lipinski definition) is 2. The summed E-state index contributed by atoms with van der Waals surface area (Å²) in [6.07, 6.45) is 3.39. The van der Waals surface area contributed by atoms with E-state index in [-0.39, 0.29) is 18.2 Å². The Morgan fingerprint density at radius 3 is 2.87 bits per heavy atom. The first-order valence-electron chi connectivity index (χ1n) is 7.11. The monoisotopic (exact) mass is 376 g/mol. The first kappa shape index (κ1) is 15.5. The summed E-state index contributed by atoms with van der Waals surface area (Å²) in [6, 6.07) is 10.9. The van der Waals surface area contributed by atoms with Crippen molar-refractivity contribution in [1.29, 1.82) is 0 Å². The Morgan fingerprint density at radius 2 is 2.17 bits per heavy atom. The molecule has 1 saturated heterocycles. The number of amides is 2. The first-order valence-corrected chi connectivity index (χ1v) is 7.90. The molecule has 1 atom stereocenters. The predicted octanol–water partition coefficient (Wildman–Crippen LogP) is 2.16. The van der Waals surface area contributed by atoms with Crippen LogP contribution in [0.15, 0.2) is 51.6 Å². The maximum atomic E-state index is 12.1. The summed E-state index contributed by atoms with van der Waals surface area (Å²) >= 11 is 3.34. The number of carbonyl (C=O) groups excluding carboxylic acids is 2. The molecule has 1 fully saturated rings. The predicted molar refractivity (Wildman–Crippen MR) is 88.0 cm³/mol. The zero-order valence-corrected chi connectivity index (χ0v) is 13.7. The molecule has 2 amide bonds. The van der Waals surface area contributed by atoms with Gasteiger partial charge < -0.3 is 9.73 Å². The molecule has 0 spiro atoms. The number of nitrogens with zero attached hydrogens (tertiary/aromatic N) is 1. The molecule has 7 heteroatoms. The second-order valence-corrected chi connectivity index (χ2v) is 6.14. The van der Waals surface area contributed by atoms with Crippen LogP contribution in [0.1, 0.15) is 12.2 Å². The molecule has 1 unspecified atom stereocenters. The number of hydrazine groups is 1. The fourth-order valence-corrected chi connectivity index (χ4v) is 2.59. The van der Waals surface area contributed by atoms with Crippen LogP contribution in [0.5, 0.6) is 0 Å². The number of benzene rings is 1. The van der Waals surface area contributed by atoms with Crippen LogP contribution in [0.25, 0.3) is 0 Å². The van der Waals surface area contributed by atoms with E-state index >= 15 is 0 Å². The summed E-state index contributed by atoms with van der Waals surface area (Å²) in [6.45, 7) is 0.424. The normalized spacial score (nSPS) is 18.9. The molecular formula is C16H15BrN3O3+. The van der Waals surface area contributed by atoms with E-state index in [1.165, 1.54) is 0 Å². The van der Waals surface area contributed by atoms with Gasteiger partial charge in [-0.25, -0.2) is 0 Å². The minimum absolute atomic E-state index is 0.129. The van der Waals surface area contributed by atoms with Gasteiger partial charge in [0.05, 0.1) is 6.26 Å². The molecule has 1 aliphatic rings. The van der Waals surface area contributed by atoms with E-state index in [1.807, 2.05) is 12.1 Å². The largest absolute Gasteiger partial charge is 0.459 e. The van der Waals surface area contributed by atoms with Gasteiger partial charge in [0.15, 0.2) is 12.3 Å². The van der Waals surface area contributed by atoms with Crippen LogP contribution in [-0.4, -0.2) is 29.3 Å². The minimum Gasteiger partial charge on any atom is -0.459 e. The smallest absolute Gasteiger partial charge is 0.284 e. The van der Waals surface area contributed by atoms with Gasteiger partial charge in [0.2, 0.25) is 12.1 Å². The fourth-order valence-electron chi connectivity index (χ4n) is 2.33. The summed E-state index contributed by atoms with van der Waals surface area (Å²) in [5.74, 6) is -0.104. The quantitative estimate of drug-likeness (QED) is 0.802. The maximum Gasteiger partial charge on any atom is 0.284 e. The number of rotatable bonds is 4. The highest BCUT2D eigenvalue weighted by atomic mass is 79.9. The standard InChI is InChI=1S/C16H14BrN3O3/c17-12-3-5-13(6-4-12)18-15(21)8-11-9-20(19-16(11)22)10-14-2-1-7-23-14/h1-7,10-11H,8-9H2,(H-,18,19,21,22)/p+1/b20-10-. The molecule has 0 bridgehead atoms. The molecule has 2 N–H and O–H groups in total. The fraction of sp³-hybridized carbons (Fsp3) is 0.188. The molecule has 1 aromatic carbocycles. The molecular weight excluding hydrogens is 362 g/mol. The highest BCUT2D eigenvalue weighted by Gasteiger charge is 2.36. The van der Waals surface area contributed by atoms with E-state index in [4.69, 9.17) is 4.42 Å². The van der Waals surface area contributed by atoms with E-state index in [2.05, 4.69) is 26.7 Å². The lowest BCUT2D eigenvalue weighted by molar-refractivity contribution is -0.556. The van der Waals surface area contributed by atoms with Gasteiger partial charge in [-0.05, 0) is 36.4 Å². The van der Waals surface area contributed by atoms with Crippen LogP contribution in [0.4, 0.5) is 5.69 Å². The number of anilines is 1. The van der Waals surface area contributed by atoms with Gasteiger partial charge in [0.1, 0.15) is 5.92 Å². The molecule has 0 radical (unpaired) electrons. The summed E-state index contributed by atoms with van der Waals surface area (Å²) < 4.78 is 7.78. The summed E-state index contributed by atoms with van der Waals surface area (Å²) in [4.78, 5) is 24.0. The van der Waals surface area contributed by atoms with Crippen LogP contribution in [0.2, 0.25) is 0 Å². The van der Waals surface area contributed by atoms with Crippen LogP contribution < -0.4 is 10.7 Å². The molecule has 2 heterocycles. The van der Waals surface area contributed by atoms with Crippen LogP contribution in [0.3, 0.4) is 0 Å². The Hall–Kier alpha value is -2.41. The lowest BCUT2D eigenvalue weighted by atomic mass is 10.1. The molecule has 0 aliphatic carbocycles. The zero-order valence-electron chi connectivity index (χ0n) is 12.2. The molecule has 23 heavy (non-hydrogen) atoms. The molecule has 1 aliphatic heterocycles. The van der Waals surface area contributed by atoms with Crippen LogP contribution in [0, 0.1) is 5.92 Å². The number of carbonyl (C=O) groups is 2. The number of furan rings is 1. The molecule has 6 nitrogen and oxygen atoms in total. The van der Waals surface area contributed by atoms with Gasteiger partial charge in [-0.3, -0.25) is 9.59 Å². The first-order chi connectivity index (χ1) is 11.1. The third-order valence-corrected chi connectivity index (χ3v) is 3.96. The third kappa shape index (κ3) is 4.07. The van der Waals surface area contributed by atoms with E-state index < -0.39 is 5.92 Å². The summed E-state index contributed by atoms with van der Waals surface area (Å²) in [5, 5.41) is 2.79. The van der Waals surface area contributed by atoms with Crippen molar-refractivity contribution < 1.29 is 18.7 Å². The Morgan fingerprint density at radius 1 is 1.39 bits per heavy atom. The SMILES string of the molecule is O=C(CC1C/[N+](=C/c2ccco2)NC1=O)Nc1ccc(Br)cc1. The van der Waals surface area contributed by atoms with Gasteiger partial charge in [0, 0.05) is 16.6 Å². The van der Waals surface area contributed by atoms with Crippen LogP contribution >= 0.6 is 15.9 Å². The van der Waals surface area contributed by atoms with E-state index in [0.29, 0.717) is 18.0 Å². The van der Waals surface area contributed by atoms with Crippen molar-refractivity contribution in [3.05, 3.63) is 52.9 Å².